The maximum atomic E-state index is 9.34. The highest BCUT2D eigenvalue weighted by Crippen LogP contribution is 2.24. The van der Waals surface area contributed by atoms with Crippen LogP contribution in [0.3, 0.4) is 0 Å². The molecular weight excluding hydrogens is 168 g/mol. The van der Waals surface area contributed by atoms with Crippen LogP contribution in [0.5, 0.6) is 5.75 Å². The molecule has 1 nitrogen and oxygen atoms in total. The molecule has 66 valence electrons. The van der Waals surface area contributed by atoms with Crippen LogP contribution in [0.15, 0.2) is 23.1 Å². The van der Waals surface area contributed by atoms with Crippen molar-refractivity contribution in [3.05, 3.63) is 23.8 Å². The molecule has 1 rings (SSSR count). The maximum Gasteiger partial charge on any atom is 0.116 e. The van der Waals surface area contributed by atoms with Gasteiger partial charge in [0.2, 0.25) is 0 Å². The Morgan fingerprint density at radius 1 is 1.25 bits per heavy atom. The van der Waals surface area contributed by atoms with Crippen molar-refractivity contribution in [3.8, 4) is 5.75 Å². The average molecular weight is 182 g/mol. The molecule has 0 aromatic heterocycles. The van der Waals surface area contributed by atoms with Crippen LogP contribution in [0.4, 0.5) is 0 Å². The second-order valence-corrected chi connectivity index (χ2v) is 3.96. The van der Waals surface area contributed by atoms with E-state index >= 15 is 0 Å². The van der Waals surface area contributed by atoms with Crippen LogP contribution in [-0.4, -0.2) is 10.9 Å². The molecule has 0 saturated heterocycles. The Hall–Kier alpha value is -0.630. The fourth-order valence-electron chi connectivity index (χ4n) is 1.10. The van der Waals surface area contributed by atoms with Gasteiger partial charge in [0.1, 0.15) is 5.75 Å². The third-order valence-electron chi connectivity index (χ3n) is 1.67. The summed E-state index contributed by atoms with van der Waals surface area (Å²) >= 11 is 1.76. The number of phenolic OH excluding ortho intramolecular Hbond substituents is 1. The zero-order valence-corrected chi connectivity index (χ0v) is 8.32. The topological polar surface area (TPSA) is 20.2 Å². The molecule has 0 heterocycles. The summed E-state index contributed by atoms with van der Waals surface area (Å²) in [4.78, 5) is 1.16. The van der Waals surface area contributed by atoms with Crippen LogP contribution in [0, 0.1) is 0 Å². The molecule has 0 aliphatic carbocycles. The van der Waals surface area contributed by atoms with Crippen molar-refractivity contribution in [2.24, 2.45) is 0 Å². The lowest BCUT2D eigenvalue weighted by Gasteiger charge is -2.03. The number of aryl methyl sites for hydroxylation is 1. The van der Waals surface area contributed by atoms with E-state index < -0.39 is 0 Å². The van der Waals surface area contributed by atoms with Gasteiger partial charge in [0.15, 0.2) is 0 Å². The Balaban J connectivity index is 2.90. The van der Waals surface area contributed by atoms with Crippen LogP contribution in [0.1, 0.15) is 19.4 Å². The van der Waals surface area contributed by atoms with Crippen LogP contribution < -0.4 is 0 Å². The molecule has 1 aromatic carbocycles. The first-order valence-electron chi connectivity index (χ1n) is 4.22. The lowest BCUT2D eigenvalue weighted by atomic mass is 10.2. The van der Waals surface area contributed by atoms with Gasteiger partial charge in [-0.1, -0.05) is 13.8 Å². The zero-order chi connectivity index (χ0) is 8.97. The van der Waals surface area contributed by atoms with E-state index in [2.05, 4.69) is 19.9 Å². The second-order valence-electron chi connectivity index (χ2n) is 2.62. The summed E-state index contributed by atoms with van der Waals surface area (Å²) in [6.07, 6.45) is 0.978. The van der Waals surface area contributed by atoms with Crippen LogP contribution in [-0.2, 0) is 6.42 Å². The molecular formula is C10H14OS. The summed E-state index contributed by atoms with van der Waals surface area (Å²) in [5, 5.41) is 9.34. The molecule has 1 aromatic rings. The van der Waals surface area contributed by atoms with Gasteiger partial charge >= 0.3 is 0 Å². The number of phenols is 1. The molecule has 0 spiro atoms. The van der Waals surface area contributed by atoms with Crippen LogP contribution in [0.25, 0.3) is 0 Å². The lowest BCUT2D eigenvalue weighted by molar-refractivity contribution is 0.473. The lowest BCUT2D eigenvalue weighted by Crippen LogP contribution is -1.81. The third kappa shape index (κ3) is 2.45. The molecule has 0 atom stereocenters. The smallest absolute Gasteiger partial charge is 0.116 e. The number of thioether (sulfide) groups is 1. The number of hydrogen-bond acceptors (Lipinski definition) is 2. The highest BCUT2D eigenvalue weighted by Gasteiger charge is 1.97. The second kappa shape index (κ2) is 4.41. The molecule has 0 fully saturated rings. The first-order chi connectivity index (χ1) is 5.76. The minimum Gasteiger partial charge on any atom is -0.508 e. The number of hydrogen-bond donors (Lipinski definition) is 1. The highest BCUT2D eigenvalue weighted by molar-refractivity contribution is 7.99. The molecule has 0 saturated carbocycles. The molecule has 0 unspecified atom stereocenters. The molecule has 0 aliphatic heterocycles. The predicted octanol–water partition coefficient (Wildman–Crippen LogP) is 3.07. The Morgan fingerprint density at radius 3 is 2.58 bits per heavy atom. The summed E-state index contributed by atoms with van der Waals surface area (Å²) in [5.74, 6) is 1.43. The van der Waals surface area contributed by atoms with Crippen molar-refractivity contribution < 1.29 is 5.11 Å². The zero-order valence-electron chi connectivity index (χ0n) is 7.50. The molecule has 0 radical (unpaired) electrons. The fraction of sp³-hybridized carbons (Fsp3) is 0.400. The number of rotatable bonds is 3. The SMILES string of the molecule is CCSc1cc(O)cc(CC)c1. The molecule has 2 heteroatoms. The van der Waals surface area contributed by atoms with Crippen LogP contribution in [0.2, 0.25) is 0 Å². The fourth-order valence-corrected chi connectivity index (χ4v) is 1.87. The third-order valence-corrected chi connectivity index (χ3v) is 2.53. The summed E-state index contributed by atoms with van der Waals surface area (Å²) < 4.78 is 0. The summed E-state index contributed by atoms with van der Waals surface area (Å²) in [7, 11) is 0. The highest BCUT2D eigenvalue weighted by atomic mass is 32.2. The summed E-state index contributed by atoms with van der Waals surface area (Å²) in [6.45, 7) is 4.20. The van der Waals surface area contributed by atoms with E-state index in [0.29, 0.717) is 5.75 Å². The van der Waals surface area contributed by atoms with Crippen molar-refractivity contribution >= 4 is 11.8 Å². The van der Waals surface area contributed by atoms with E-state index in [0.717, 1.165) is 17.1 Å². The van der Waals surface area contributed by atoms with Gasteiger partial charge in [0.05, 0.1) is 0 Å². The molecule has 12 heavy (non-hydrogen) atoms. The van der Waals surface area contributed by atoms with Crippen molar-refractivity contribution in [1.29, 1.82) is 0 Å². The number of benzene rings is 1. The Kier molecular flexibility index (Phi) is 3.48. The van der Waals surface area contributed by atoms with Crippen molar-refractivity contribution in [2.75, 3.05) is 5.75 Å². The minimum absolute atomic E-state index is 0.380. The summed E-state index contributed by atoms with van der Waals surface area (Å²) in [5.41, 5.74) is 1.20. The average Bonchev–Trinajstić information content (AvgIpc) is 2.04. The monoisotopic (exact) mass is 182 g/mol. The predicted molar refractivity (Wildman–Crippen MR) is 53.9 cm³/mol. The van der Waals surface area contributed by atoms with Crippen molar-refractivity contribution in [1.82, 2.24) is 0 Å². The Labute approximate surface area is 77.8 Å². The van der Waals surface area contributed by atoms with E-state index in [1.807, 2.05) is 12.1 Å². The Morgan fingerprint density at radius 2 is 2.00 bits per heavy atom. The molecule has 0 amide bonds. The van der Waals surface area contributed by atoms with E-state index in [4.69, 9.17) is 0 Å². The first-order valence-corrected chi connectivity index (χ1v) is 5.20. The van der Waals surface area contributed by atoms with E-state index in [1.54, 1.807) is 11.8 Å². The van der Waals surface area contributed by atoms with Crippen LogP contribution >= 0.6 is 11.8 Å². The van der Waals surface area contributed by atoms with Crippen molar-refractivity contribution in [3.63, 3.8) is 0 Å². The number of aromatic hydroxyl groups is 1. The quantitative estimate of drug-likeness (QED) is 0.725. The maximum absolute atomic E-state index is 9.34. The normalized spacial score (nSPS) is 10.2. The largest absolute Gasteiger partial charge is 0.508 e. The van der Waals surface area contributed by atoms with Gasteiger partial charge in [-0.2, -0.15) is 0 Å². The van der Waals surface area contributed by atoms with E-state index in [-0.39, 0.29) is 0 Å². The van der Waals surface area contributed by atoms with E-state index in [1.165, 1.54) is 5.56 Å². The van der Waals surface area contributed by atoms with Gasteiger partial charge < -0.3 is 5.11 Å². The minimum atomic E-state index is 0.380. The summed E-state index contributed by atoms with van der Waals surface area (Å²) in [6, 6.07) is 5.76. The van der Waals surface area contributed by atoms with Gasteiger partial charge in [0, 0.05) is 4.90 Å². The molecule has 0 aliphatic rings. The standard InChI is InChI=1S/C10H14OS/c1-3-8-5-9(11)7-10(6-8)12-4-2/h5-7,11H,3-4H2,1-2H3. The van der Waals surface area contributed by atoms with Gasteiger partial charge in [-0.25, -0.2) is 0 Å². The van der Waals surface area contributed by atoms with Gasteiger partial charge in [-0.05, 0) is 35.9 Å². The first kappa shape index (κ1) is 9.46. The van der Waals surface area contributed by atoms with Gasteiger partial charge in [-0.15, -0.1) is 11.8 Å². The van der Waals surface area contributed by atoms with Gasteiger partial charge in [0.25, 0.3) is 0 Å². The van der Waals surface area contributed by atoms with Gasteiger partial charge in [-0.3, -0.25) is 0 Å². The molecule has 1 N–H and O–H groups in total. The van der Waals surface area contributed by atoms with E-state index in [9.17, 15) is 5.11 Å². The van der Waals surface area contributed by atoms with Crippen molar-refractivity contribution in [2.45, 2.75) is 25.2 Å². The Bertz CT molecular complexity index is 258. The molecule has 0 bridgehead atoms.